The number of carbonyl (C=O) groups excluding carboxylic acids is 3. The Kier molecular flexibility index (Phi) is 4.70. The summed E-state index contributed by atoms with van der Waals surface area (Å²) >= 11 is 0. The Morgan fingerprint density at radius 2 is 1.42 bits per heavy atom. The third-order valence-corrected chi connectivity index (χ3v) is 3.89. The van der Waals surface area contributed by atoms with Crippen LogP contribution in [-0.4, -0.2) is 22.8 Å². The molecule has 0 fully saturated rings. The van der Waals surface area contributed by atoms with Crippen LogP contribution in [0.4, 0.5) is 0 Å². The third-order valence-electron chi connectivity index (χ3n) is 3.89. The number of imide groups is 1. The highest BCUT2D eigenvalue weighted by atomic mass is 16.7. The Balaban J connectivity index is 1.48. The van der Waals surface area contributed by atoms with Gasteiger partial charge in [0, 0.05) is 6.42 Å². The lowest BCUT2D eigenvalue weighted by molar-refractivity contribution is -0.168. The van der Waals surface area contributed by atoms with Crippen molar-refractivity contribution in [2.24, 2.45) is 0 Å². The molecule has 0 aromatic heterocycles. The predicted molar refractivity (Wildman–Crippen MR) is 87.0 cm³/mol. The van der Waals surface area contributed by atoms with Crippen molar-refractivity contribution in [3.8, 4) is 0 Å². The molecule has 2 aromatic carbocycles. The summed E-state index contributed by atoms with van der Waals surface area (Å²) in [6, 6.07) is 16.4. The highest BCUT2D eigenvalue weighted by molar-refractivity contribution is 6.20. The van der Waals surface area contributed by atoms with E-state index in [1.807, 2.05) is 30.3 Å². The molecule has 0 aliphatic carbocycles. The fourth-order valence-corrected chi connectivity index (χ4v) is 2.64. The van der Waals surface area contributed by atoms with Crippen LogP contribution in [0.2, 0.25) is 0 Å². The van der Waals surface area contributed by atoms with Crippen LogP contribution in [-0.2, 0) is 16.1 Å². The number of aryl methyl sites for hydroxylation is 1. The molecule has 3 rings (SSSR count). The van der Waals surface area contributed by atoms with Crippen LogP contribution in [0.25, 0.3) is 0 Å². The third kappa shape index (κ3) is 3.35. The molecule has 0 unspecified atom stereocenters. The zero-order valence-corrected chi connectivity index (χ0v) is 13.1. The van der Waals surface area contributed by atoms with Crippen LogP contribution in [0.1, 0.15) is 45.5 Å². The first kappa shape index (κ1) is 15.9. The van der Waals surface area contributed by atoms with Crippen LogP contribution in [0.5, 0.6) is 0 Å². The van der Waals surface area contributed by atoms with Gasteiger partial charge in [0.1, 0.15) is 0 Å². The van der Waals surface area contributed by atoms with Gasteiger partial charge in [-0.05, 0) is 37.0 Å². The lowest BCUT2D eigenvalue weighted by Crippen LogP contribution is -2.32. The van der Waals surface area contributed by atoms with Crippen molar-refractivity contribution >= 4 is 17.8 Å². The summed E-state index contributed by atoms with van der Waals surface area (Å²) in [7, 11) is 0. The molecule has 0 radical (unpaired) electrons. The SMILES string of the molecule is O=C(CCCCc1ccccc1)ON1C(=O)c2ccccc2C1=O. The average molecular weight is 323 g/mol. The Labute approximate surface area is 139 Å². The summed E-state index contributed by atoms with van der Waals surface area (Å²) in [5.74, 6) is -1.75. The van der Waals surface area contributed by atoms with Crippen molar-refractivity contribution in [2.75, 3.05) is 0 Å². The van der Waals surface area contributed by atoms with Gasteiger partial charge in [0.05, 0.1) is 11.1 Å². The Morgan fingerprint density at radius 1 is 0.833 bits per heavy atom. The largest absolute Gasteiger partial charge is 0.333 e. The van der Waals surface area contributed by atoms with Gasteiger partial charge in [-0.15, -0.1) is 0 Å². The number of hydrogen-bond donors (Lipinski definition) is 0. The van der Waals surface area contributed by atoms with Crippen molar-refractivity contribution in [1.82, 2.24) is 5.06 Å². The monoisotopic (exact) mass is 323 g/mol. The van der Waals surface area contributed by atoms with Crippen molar-refractivity contribution in [3.63, 3.8) is 0 Å². The molecule has 24 heavy (non-hydrogen) atoms. The number of nitrogens with zero attached hydrogens (tertiary/aromatic N) is 1. The number of hydrogen-bond acceptors (Lipinski definition) is 4. The minimum atomic E-state index is -0.590. The molecule has 0 spiro atoms. The van der Waals surface area contributed by atoms with Crippen LogP contribution < -0.4 is 0 Å². The average Bonchev–Trinajstić information content (AvgIpc) is 2.85. The smallest absolute Gasteiger partial charge is 0.330 e. The highest BCUT2D eigenvalue weighted by Crippen LogP contribution is 2.23. The van der Waals surface area contributed by atoms with E-state index in [-0.39, 0.29) is 17.5 Å². The van der Waals surface area contributed by atoms with Gasteiger partial charge in [-0.1, -0.05) is 47.5 Å². The fourth-order valence-electron chi connectivity index (χ4n) is 2.64. The van der Waals surface area contributed by atoms with Crippen LogP contribution in [0.15, 0.2) is 54.6 Å². The molecule has 0 atom stereocenters. The van der Waals surface area contributed by atoms with Gasteiger partial charge in [0.15, 0.2) is 0 Å². The molecule has 5 heteroatoms. The fraction of sp³-hybridized carbons (Fsp3) is 0.211. The lowest BCUT2D eigenvalue weighted by atomic mass is 10.1. The summed E-state index contributed by atoms with van der Waals surface area (Å²) < 4.78 is 0. The van der Waals surface area contributed by atoms with E-state index in [1.165, 1.54) is 5.56 Å². The summed E-state index contributed by atoms with van der Waals surface area (Å²) in [5, 5.41) is 0.560. The molecule has 2 aromatic rings. The van der Waals surface area contributed by atoms with Crippen molar-refractivity contribution < 1.29 is 19.2 Å². The van der Waals surface area contributed by atoms with Crippen LogP contribution >= 0.6 is 0 Å². The van der Waals surface area contributed by atoms with E-state index in [2.05, 4.69) is 0 Å². The topological polar surface area (TPSA) is 63.7 Å². The molecular formula is C19H17NO4. The molecular weight excluding hydrogens is 306 g/mol. The van der Waals surface area contributed by atoms with Crippen molar-refractivity contribution in [3.05, 3.63) is 71.3 Å². The van der Waals surface area contributed by atoms with Gasteiger partial charge >= 0.3 is 5.97 Å². The number of fused-ring (bicyclic) bond motifs is 1. The normalized spacial score (nSPS) is 13.1. The lowest BCUT2D eigenvalue weighted by Gasteiger charge is -2.12. The van der Waals surface area contributed by atoms with Gasteiger partial charge < -0.3 is 4.84 Å². The first-order valence-corrected chi connectivity index (χ1v) is 7.89. The summed E-state index contributed by atoms with van der Waals surface area (Å²) in [4.78, 5) is 41.0. The summed E-state index contributed by atoms with van der Waals surface area (Å²) in [5.41, 5.74) is 1.74. The van der Waals surface area contributed by atoms with E-state index in [0.717, 1.165) is 12.8 Å². The number of unbranched alkanes of at least 4 members (excludes halogenated alkanes) is 1. The number of benzene rings is 2. The standard InChI is InChI=1S/C19H17NO4/c21-17(13-7-4-10-14-8-2-1-3-9-14)24-20-18(22)15-11-5-6-12-16(15)19(20)23/h1-3,5-6,8-9,11-12H,4,7,10,13H2. The number of rotatable bonds is 6. The molecule has 122 valence electrons. The van der Waals surface area contributed by atoms with Crippen molar-refractivity contribution in [2.45, 2.75) is 25.7 Å². The minimum absolute atomic E-state index is 0.167. The zero-order valence-electron chi connectivity index (χ0n) is 13.1. The number of amides is 2. The second-order valence-electron chi connectivity index (χ2n) is 5.61. The number of carbonyl (C=O) groups is 3. The maximum Gasteiger partial charge on any atom is 0.333 e. The van der Waals surface area contributed by atoms with Gasteiger partial charge in [-0.3, -0.25) is 9.59 Å². The Bertz CT molecular complexity index is 735. The van der Waals surface area contributed by atoms with E-state index < -0.39 is 17.8 Å². The maximum atomic E-state index is 12.1. The van der Waals surface area contributed by atoms with Gasteiger partial charge in [0.25, 0.3) is 11.8 Å². The highest BCUT2D eigenvalue weighted by Gasteiger charge is 2.38. The summed E-state index contributed by atoms with van der Waals surface area (Å²) in [6.45, 7) is 0. The Morgan fingerprint density at radius 3 is 2.04 bits per heavy atom. The molecule has 1 heterocycles. The quantitative estimate of drug-likeness (QED) is 0.605. The predicted octanol–water partition coefficient (Wildman–Crippen LogP) is 3.15. The first-order valence-electron chi connectivity index (χ1n) is 7.89. The minimum Gasteiger partial charge on any atom is -0.330 e. The molecule has 1 aliphatic rings. The van der Waals surface area contributed by atoms with E-state index >= 15 is 0 Å². The maximum absolute atomic E-state index is 12.1. The van der Waals surface area contributed by atoms with Gasteiger partial charge in [0.2, 0.25) is 0 Å². The second-order valence-corrected chi connectivity index (χ2v) is 5.61. The second kappa shape index (κ2) is 7.08. The van der Waals surface area contributed by atoms with E-state index in [4.69, 9.17) is 4.84 Å². The first-order chi connectivity index (χ1) is 11.7. The summed E-state index contributed by atoms with van der Waals surface area (Å²) in [6.07, 6.45) is 2.51. The zero-order chi connectivity index (χ0) is 16.9. The Hall–Kier alpha value is -2.95. The molecule has 5 nitrogen and oxygen atoms in total. The molecule has 0 saturated heterocycles. The molecule has 0 N–H and O–H groups in total. The van der Waals surface area contributed by atoms with Crippen molar-refractivity contribution in [1.29, 1.82) is 0 Å². The van der Waals surface area contributed by atoms with Crippen LogP contribution in [0, 0.1) is 0 Å². The molecule has 0 bridgehead atoms. The number of hydroxylamine groups is 2. The van der Waals surface area contributed by atoms with E-state index in [1.54, 1.807) is 24.3 Å². The van der Waals surface area contributed by atoms with E-state index in [0.29, 0.717) is 11.5 Å². The molecule has 1 aliphatic heterocycles. The van der Waals surface area contributed by atoms with Crippen LogP contribution in [0.3, 0.4) is 0 Å². The van der Waals surface area contributed by atoms with Gasteiger partial charge in [-0.25, -0.2) is 4.79 Å². The molecule has 2 amide bonds. The van der Waals surface area contributed by atoms with E-state index in [9.17, 15) is 14.4 Å². The van der Waals surface area contributed by atoms with Gasteiger partial charge in [-0.2, -0.15) is 0 Å². The molecule has 0 saturated carbocycles.